The topological polar surface area (TPSA) is 60.5 Å². The number of carbonyl (C=O) groups excluding carboxylic acids is 1. The molecule has 0 atom stereocenters. The number of nitrogens with one attached hydrogen (secondary N) is 1. The molecule has 1 N–H and O–H groups in total. The molecule has 0 saturated carbocycles. The first kappa shape index (κ1) is 13.9. The van der Waals surface area contributed by atoms with Crippen LogP contribution >= 0.6 is 0 Å². The molecule has 0 aliphatic carbocycles. The van der Waals surface area contributed by atoms with Crippen molar-refractivity contribution < 1.29 is 14.3 Å². The molecule has 0 aliphatic heterocycles. The zero-order valence-corrected chi connectivity index (χ0v) is 11.4. The van der Waals surface area contributed by atoms with Gasteiger partial charge in [0, 0.05) is 6.20 Å². The van der Waals surface area contributed by atoms with Crippen LogP contribution in [0.2, 0.25) is 0 Å². The van der Waals surface area contributed by atoms with E-state index in [2.05, 4.69) is 10.3 Å². The molecule has 1 aromatic carbocycles. The average Bonchev–Trinajstić information content (AvgIpc) is 2.52. The van der Waals surface area contributed by atoms with Crippen molar-refractivity contribution in [2.45, 2.75) is 6.54 Å². The Kier molecular flexibility index (Phi) is 4.55. The Morgan fingerprint density at radius 1 is 1.20 bits per heavy atom. The molecule has 0 unspecified atom stereocenters. The van der Waals surface area contributed by atoms with Crippen molar-refractivity contribution in [3.05, 3.63) is 53.9 Å². The van der Waals surface area contributed by atoms with E-state index < -0.39 is 0 Å². The number of pyridine rings is 1. The fourth-order valence-electron chi connectivity index (χ4n) is 1.76. The highest BCUT2D eigenvalue weighted by molar-refractivity contribution is 5.97. The summed E-state index contributed by atoms with van der Waals surface area (Å²) in [4.78, 5) is 16.3. The Hall–Kier alpha value is -2.56. The van der Waals surface area contributed by atoms with E-state index in [1.54, 1.807) is 31.5 Å². The van der Waals surface area contributed by atoms with Gasteiger partial charge in [-0.3, -0.25) is 9.78 Å². The number of methoxy groups -OCH3 is 2. The Morgan fingerprint density at radius 2 is 2.05 bits per heavy atom. The number of rotatable bonds is 5. The van der Waals surface area contributed by atoms with Gasteiger partial charge in [-0.05, 0) is 30.3 Å². The summed E-state index contributed by atoms with van der Waals surface area (Å²) >= 11 is 0. The predicted octanol–water partition coefficient (Wildman–Crippen LogP) is 2.03. The second-order valence-corrected chi connectivity index (χ2v) is 4.07. The first-order chi connectivity index (χ1) is 9.74. The van der Waals surface area contributed by atoms with E-state index in [4.69, 9.17) is 9.47 Å². The van der Waals surface area contributed by atoms with Crippen LogP contribution in [0.25, 0.3) is 0 Å². The summed E-state index contributed by atoms with van der Waals surface area (Å²) in [6, 6.07) is 10.6. The number of ether oxygens (including phenoxy) is 2. The van der Waals surface area contributed by atoms with E-state index in [0.29, 0.717) is 23.6 Å². The highest BCUT2D eigenvalue weighted by Gasteiger charge is 2.13. The fourth-order valence-corrected chi connectivity index (χ4v) is 1.76. The Bertz CT molecular complexity index is 585. The van der Waals surface area contributed by atoms with Crippen LogP contribution in [0.3, 0.4) is 0 Å². The Balaban J connectivity index is 2.12. The molecule has 0 bridgehead atoms. The van der Waals surface area contributed by atoms with Gasteiger partial charge in [-0.25, -0.2) is 0 Å². The molecule has 5 nitrogen and oxygen atoms in total. The standard InChI is InChI=1S/C15H16N2O3/c1-19-12-6-7-14(20-2)13(9-12)15(18)17-10-11-5-3-4-8-16-11/h3-9H,10H2,1-2H3,(H,17,18). The summed E-state index contributed by atoms with van der Waals surface area (Å²) in [6.07, 6.45) is 1.69. The zero-order valence-electron chi connectivity index (χ0n) is 11.4. The van der Waals surface area contributed by atoms with Crippen molar-refractivity contribution in [2.75, 3.05) is 14.2 Å². The molecule has 0 radical (unpaired) electrons. The van der Waals surface area contributed by atoms with E-state index in [9.17, 15) is 4.79 Å². The van der Waals surface area contributed by atoms with Gasteiger partial charge in [0.2, 0.25) is 0 Å². The molecule has 0 saturated heterocycles. The zero-order chi connectivity index (χ0) is 14.4. The van der Waals surface area contributed by atoms with Crippen molar-refractivity contribution in [3.63, 3.8) is 0 Å². The molecule has 2 aromatic rings. The van der Waals surface area contributed by atoms with E-state index in [0.717, 1.165) is 5.69 Å². The molecule has 1 aromatic heterocycles. The van der Waals surface area contributed by atoms with Crippen LogP contribution in [-0.4, -0.2) is 25.1 Å². The summed E-state index contributed by atoms with van der Waals surface area (Å²) in [5, 5.41) is 2.80. The highest BCUT2D eigenvalue weighted by Crippen LogP contribution is 2.23. The maximum Gasteiger partial charge on any atom is 0.255 e. The van der Waals surface area contributed by atoms with E-state index in [1.165, 1.54) is 7.11 Å². The SMILES string of the molecule is COc1ccc(OC)c(C(=O)NCc2ccccn2)c1. The summed E-state index contributed by atoms with van der Waals surface area (Å²) < 4.78 is 10.3. The van der Waals surface area contributed by atoms with Gasteiger partial charge in [-0.2, -0.15) is 0 Å². The lowest BCUT2D eigenvalue weighted by Crippen LogP contribution is -2.23. The van der Waals surface area contributed by atoms with Gasteiger partial charge in [0.15, 0.2) is 0 Å². The first-order valence-electron chi connectivity index (χ1n) is 6.14. The Morgan fingerprint density at radius 3 is 2.70 bits per heavy atom. The third-order valence-electron chi connectivity index (χ3n) is 2.81. The third kappa shape index (κ3) is 3.26. The van der Waals surface area contributed by atoms with Crippen LogP contribution in [0.4, 0.5) is 0 Å². The molecular weight excluding hydrogens is 256 g/mol. The Labute approximate surface area is 117 Å². The van der Waals surface area contributed by atoms with Gasteiger partial charge >= 0.3 is 0 Å². The van der Waals surface area contributed by atoms with Crippen LogP contribution in [-0.2, 0) is 6.54 Å². The first-order valence-corrected chi connectivity index (χ1v) is 6.14. The van der Waals surface area contributed by atoms with Crippen LogP contribution < -0.4 is 14.8 Å². The van der Waals surface area contributed by atoms with Crippen molar-refractivity contribution in [1.29, 1.82) is 0 Å². The smallest absolute Gasteiger partial charge is 0.255 e. The van der Waals surface area contributed by atoms with Gasteiger partial charge in [0.05, 0.1) is 32.0 Å². The quantitative estimate of drug-likeness (QED) is 0.904. The number of aromatic nitrogens is 1. The number of hydrogen-bond acceptors (Lipinski definition) is 4. The average molecular weight is 272 g/mol. The summed E-state index contributed by atoms with van der Waals surface area (Å²) in [5.41, 5.74) is 1.23. The molecule has 5 heteroatoms. The van der Waals surface area contributed by atoms with Crippen molar-refractivity contribution >= 4 is 5.91 Å². The molecule has 1 heterocycles. The van der Waals surface area contributed by atoms with E-state index in [-0.39, 0.29) is 5.91 Å². The maximum atomic E-state index is 12.2. The molecule has 0 aliphatic rings. The van der Waals surface area contributed by atoms with Crippen LogP contribution in [0.15, 0.2) is 42.6 Å². The van der Waals surface area contributed by atoms with E-state index >= 15 is 0 Å². The molecule has 0 spiro atoms. The summed E-state index contributed by atoms with van der Waals surface area (Å²) in [6.45, 7) is 0.361. The molecule has 1 amide bonds. The number of amides is 1. The minimum absolute atomic E-state index is 0.230. The van der Waals surface area contributed by atoms with Crippen molar-refractivity contribution in [3.8, 4) is 11.5 Å². The van der Waals surface area contributed by atoms with Crippen LogP contribution in [0.1, 0.15) is 16.1 Å². The van der Waals surface area contributed by atoms with Gasteiger partial charge in [-0.15, -0.1) is 0 Å². The molecule has 2 rings (SSSR count). The van der Waals surface area contributed by atoms with Crippen molar-refractivity contribution in [1.82, 2.24) is 10.3 Å². The van der Waals surface area contributed by atoms with E-state index in [1.807, 2.05) is 18.2 Å². The minimum atomic E-state index is -0.230. The van der Waals surface area contributed by atoms with Crippen LogP contribution in [0, 0.1) is 0 Å². The number of nitrogens with zero attached hydrogens (tertiary/aromatic N) is 1. The van der Waals surface area contributed by atoms with Crippen LogP contribution in [0.5, 0.6) is 11.5 Å². The van der Waals surface area contributed by atoms with Gasteiger partial charge in [0.1, 0.15) is 11.5 Å². The maximum absolute atomic E-state index is 12.2. The second-order valence-electron chi connectivity index (χ2n) is 4.07. The minimum Gasteiger partial charge on any atom is -0.497 e. The van der Waals surface area contributed by atoms with Gasteiger partial charge in [-0.1, -0.05) is 6.07 Å². The molecule has 20 heavy (non-hydrogen) atoms. The fraction of sp³-hybridized carbons (Fsp3) is 0.200. The largest absolute Gasteiger partial charge is 0.497 e. The molecule has 104 valence electrons. The summed E-state index contributed by atoms with van der Waals surface area (Å²) in [7, 11) is 3.08. The lowest BCUT2D eigenvalue weighted by atomic mass is 10.1. The highest BCUT2D eigenvalue weighted by atomic mass is 16.5. The summed E-state index contributed by atoms with van der Waals surface area (Å²) in [5.74, 6) is 0.879. The number of hydrogen-bond donors (Lipinski definition) is 1. The third-order valence-corrected chi connectivity index (χ3v) is 2.81. The molecular formula is C15H16N2O3. The number of carbonyl (C=O) groups is 1. The number of benzene rings is 1. The monoisotopic (exact) mass is 272 g/mol. The second kappa shape index (κ2) is 6.56. The normalized spacial score (nSPS) is 9.90. The molecule has 0 fully saturated rings. The lowest BCUT2D eigenvalue weighted by Gasteiger charge is -2.10. The van der Waals surface area contributed by atoms with Gasteiger partial charge < -0.3 is 14.8 Å². The predicted molar refractivity (Wildman–Crippen MR) is 75.0 cm³/mol. The van der Waals surface area contributed by atoms with Gasteiger partial charge in [0.25, 0.3) is 5.91 Å². The lowest BCUT2D eigenvalue weighted by molar-refractivity contribution is 0.0947. The van der Waals surface area contributed by atoms with Crippen molar-refractivity contribution in [2.24, 2.45) is 0 Å².